The van der Waals surface area contributed by atoms with Crippen molar-refractivity contribution in [3.63, 3.8) is 0 Å². The quantitative estimate of drug-likeness (QED) is 0.917. The van der Waals surface area contributed by atoms with Crippen molar-refractivity contribution >= 4 is 0 Å². The van der Waals surface area contributed by atoms with E-state index in [4.69, 9.17) is 9.26 Å². The monoisotopic (exact) mass is 259 g/mol. The second-order valence-electron chi connectivity index (χ2n) is 4.88. The molecule has 2 atom stereocenters. The molecule has 5 heteroatoms. The third kappa shape index (κ3) is 2.33. The third-order valence-corrected chi connectivity index (χ3v) is 3.59. The molecular weight excluding hydrogens is 242 g/mol. The topological polar surface area (TPSA) is 60.2 Å². The van der Waals surface area contributed by atoms with Crippen molar-refractivity contribution in [2.24, 2.45) is 5.92 Å². The van der Waals surface area contributed by atoms with Gasteiger partial charge in [-0.3, -0.25) is 0 Å². The van der Waals surface area contributed by atoms with Crippen molar-refractivity contribution in [2.45, 2.75) is 19.4 Å². The fourth-order valence-corrected chi connectivity index (χ4v) is 2.38. The molecule has 3 rings (SSSR count). The lowest BCUT2D eigenvalue weighted by Gasteiger charge is -2.09. The van der Waals surface area contributed by atoms with Crippen molar-refractivity contribution in [1.29, 1.82) is 0 Å². The Bertz CT molecular complexity index is 550. The average Bonchev–Trinajstić information content (AvgIpc) is 3.07. The molecule has 0 bridgehead atoms. The average molecular weight is 259 g/mol. The smallest absolute Gasteiger partial charge is 0.244 e. The van der Waals surface area contributed by atoms with E-state index < -0.39 is 0 Å². The van der Waals surface area contributed by atoms with Crippen LogP contribution in [0.15, 0.2) is 28.8 Å². The van der Waals surface area contributed by atoms with Crippen LogP contribution in [-0.4, -0.2) is 23.8 Å². The van der Waals surface area contributed by atoms with Crippen LogP contribution >= 0.6 is 0 Å². The van der Waals surface area contributed by atoms with E-state index in [1.807, 2.05) is 24.3 Å². The number of benzene rings is 1. The highest BCUT2D eigenvalue weighted by Gasteiger charge is 2.29. The zero-order chi connectivity index (χ0) is 13.2. The standard InChI is InChI=1S/C14H17N3O2/c1-9-7-8-15-12(9)14-16-13(17-19-14)10-3-5-11(18-2)6-4-10/h3-6,9,12,15H,7-8H2,1-2H3. The van der Waals surface area contributed by atoms with E-state index in [9.17, 15) is 0 Å². The molecule has 2 aromatic rings. The van der Waals surface area contributed by atoms with Gasteiger partial charge in [0, 0.05) is 5.56 Å². The van der Waals surface area contributed by atoms with Gasteiger partial charge in [0.2, 0.25) is 11.7 Å². The summed E-state index contributed by atoms with van der Waals surface area (Å²) in [5.41, 5.74) is 0.932. The Labute approximate surface area is 112 Å². The minimum atomic E-state index is 0.180. The second kappa shape index (κ2) is 5.01. The molecule has 1 aliphatic heterocycles. The molecule has 2 heterocycles. The molecule has 5 nitrogen and oxygen atoms in total. The Morgan fingerprint density at radius 1 is 1.32 bits per heavy atom. The zero-order valence-electron chi connectivity index (χ0n) is 11.1. The summed E-state index contributed by atoms with van der Waals surface area (Å²) in [6.45, 7) is 3.20. The van der Waals surface area contributed by atoms with Crippen LogP contribution in [0.2, 0.25) is 0 Å². The lowest BCUT2D eigenvalue weighted by molar-refractivity contribution is 0.319. The lowest BCUT2D eigenvalue weighted by atomic mass is 10.0. The summed E-state index contributed by atoms with van der Waals surface area (Å²) < 4.78 is 10.5. The fraction of sp³-hybridized carbons (Fsp3) is 0.429. The second-order valence-corrected chi connectivity index (χ2v) is 4.88. The van der Waals surface area contributed by atoms with Crippen LogP contribution in [-0.2, 0) is 0 Å². The van der Waals surface area contributed by atoms with Gasteiger partial charge in [0.1, 0.15) is 5.75 Å². The highest BCUT2D eigenvalue weighted by molar-refractivity contribution is 5.55. The van der Waals surface area contributed by atoms with Crippen LogP contribution in [0.25, 0.3) is 11.4 Å². The Kier molecular flexibility index (Phi) is 3.21. The Morgan fingerprint density at radius 2 is 2.11 bits per heavy atom. The zero-order valence-corrected chi connectivity index (χ0v) is 11.1. The number of ether oxygens (including phenoxy) is 1. The van der Waals surface area contributed by atoms with E-state index in [1.165, 1.54) is 0 Å². The summed E-state index contributed by atoms with van der Waals surface area (Å²) in [6, 6.07) is 7.82. The van der Waals surface area contributed by atoms with Gasteiger partial charge in [-0.1, -0.05) is 12.1 Å². The molecule has 100 valence electrons. The number of nitrogens with zero attached hydrogens (tertiary/aromatic N) is 2. The molecule has 19 heavy (non-hydrogen) atoms. The summed E-state index contributed by atoms with van der Waals surface area (Å²) in [5, 5.41) is 7.44. The first-order valence-electron chi connectivity index (χ1n) is 6.49. The normalized spacial score (nSPS) is 22.6. The van der Waals surface area contributed by atoms with Gasteiger partial charge >= 0.3 is 0 Å². The number of hydrogen-bond acceptors (Lipinski definition) is 5. The molecule has 0 amide bonds. The molecule has 1 saturated heterocycles. The van der Waals surface area contributed by atoms with Crippen LogP contribution in [0.1, 0.15) is 25.3 Å². The van der Waals surface area contributed by atoms with Gasteiger partial charge in [-0.2, -0.15) is 4.98 Å². The van der Waals surface area contributed by atoms with Crippen LogP contribution < -0.4 is 10.1 Å². The van der Waals surface area contributed by atoms with Crippen molar-refractivity contribution in [2.75, 3.05) is 13.7 Å². The third-order valence-electron chi connectivity index (χ3n) is 3.59. The number of rotatable bonds is 3. The van der Waals surface area contributed by atoms with E-state index >= 15 is 0 Å². The van der Waals surface area contributed by atoms with Gasteiger partial charge in [-0.05, 0) is 43.1 Å². The highest BCUT2D eigenvalue weighted by Crippen LogP contribution is 2.29. The molecule has 1 fully saturated rings. The SMILES string of the molecule is COc1ccc(-c2noc(C3NCCC3C)n2)cc1. The Balaban J connectivity index is 1.83. The predicted molar refractivity (Wildman–Crippen MR) is 70.8 cm³/mol. The molecular formula is C14H17N3O2. The Morgan fingerprint density at radius 3 is 2.74 bits per heavy atom. The maximum atomic E-state index is 5.38. The molecule has 1 aliphatic rings. The summed E-state index contributed by atoms with van der Waals surface area (Å²) in [4.78, 5) is 4.49. The molecule has 0 aliphatic carbocycles. The van der Waals surface area contributed by atoms with E-state index in [0.29, 0.717) is 17.6 Å². The lowest BCUT2D eigenvalue weighted by Crippen LogP contribution is -2.16. The van der Waals surface area contributed by atoms with Gasteiger partial charge in [0.05, 0.1) is 13.2 Å². The first-order chi connectivity index (χ1) is 9.28. The van der Waals surface area contributed by atoms with Crippen LogP contribution in [0, 0.1) is 5.92 Å². The number of nitrogens with one attached hydrogen (secondary N) is 1. The number of hydrogen-bond donors (Lipinski definition) is 1. The summed E-state index contributed by atoms with van der Waals surface area (Å²) in [7, 11) is 1.65. The molecule has 0 radical (unpaired) electrons. The fourth-order valence-electron chi connectivity index (χ4n) is 2.38. The summed E-state index contributed by atoms with van der Waals surface area (Å²) in [5.74, 6) is 2.65. The van der Waals surface area contributed by atoms with Crippen molar-refractivity contribution in [3.05, 3.63) is 30.2 Å². The molecule has 2 unspecified atom stereocenters. The predicted octanol–water partition coefficient (Wildman–Crippen LogP) is 2.42. The van der Waals surface area contributed by atoms with Crippen LogP contribution in [0.4, 0.5) is 0 Å². The summed E-state index contributed by atoms with van der Waals surface area (Å²) >= 11 is 0. The summed E-state index contributed by atoms with van der Waals surface area (Å²) in [6.07, 6.45) is 1.14. The molecule has 1 aromatic heterocycles. The van der Waals surface area contributed by atoms with Gasteiger partial charge in [-0.15, -0.1) is 0 Å². The largest absolute Gasteiger partial charge is 0.497 e. The van der Waals surface area contributed by atoms with Crippen LogP contribution in [0.3, 0.4) is 0 Å². The maximum absolute atomic E-state index is 5.38. The first kappa shape index (κ1) is 12.2. The first-order valence-corrected chi connectivity index (χ1v) is 6.49. The molecule has 1 N–H and O–H groups in total. The van der Waals surface area contributed by atoms with Gasteiger partial charge < -0.3 is 14.6 Å². The van der Waals surface area contributed by atoms with E-state index in [-0.39, 0.29) is 6.04 Å². The minimum Gasteiger partial charge on any atom is -0.497 e. The van der Waals surface area contributed by atoms with Gasteiger partial charge in [-0.25, -0.2) is 0 Å². The van der Waals surface area contributed by atoms with Crippen LogP contribution in [0.5, 0.6) is 5.75 Å². The van der Waals surface area contributed by atoms with Gasteiger partial charge in [0.15, 0.2) is 0 Å². The van der Waals surface area contributed by atoms with E-state index in [1.54, 1.807) is 7.11 Å². The molecule has 0 saturated carbocycles. The number of aromatic nitrogens is 2. The van der Waals surface area contributed by atoms with Gasteiger partial charge in [0.25, 0.3) is 0 Å². The van der Waals surface area contributed by atoms with Crippen molar-refractivity contribution in [3.8, 4) is 17.1 Å². The van der Waals surface area contributed by atoms with Crippen molar-refractivity contribution in [1.82, 2.24) is 15.5 Å². The highest BCUT2D eigenvalue weighted by atomic mass is 16.5. The molecule has 1 aromatic carbocycles. The van der Waals surface area contributed by atoms with Crippen molar-refractivity contribution < 1.29 is 9.26 Å². The van der Waals surface area contributed by atoms with E-state index in [2.05, 4.69) is 22.4 Å². The maximum Gasteiger partial charge on any atom is 0.244 e. The number of methoxy groups -OCH3 is 1. The molecule has 0 spiro atoms. The Hall–Kier alpha value is -1.88. The minimum absolute atomic E-state index is 0.180. The van der Waals surface area contributed by atoms with E-state index in [0.717, 1.165) is 24.3 Å².